The molecule has 0 bridgehead atoms. The third-order valence-electron chi connectivity index (χ3n) is 3.27. The summed E-state index contributed by atoms with van der Waals surface area (Å²) in [6, 6.07) is 18.3. The van der Waals surface area contributed by atoms with Gasteiger partial charge in [-0.1, -0.05) is 54.6 Å². The fourth-order valence-corrected chi connectivity index (χ4v) is 2.35. The van der Waals surface area contributed by atoms with Gasteiger partial charge >= 0.3 is 0 Å². The summed E-state index contributed by atoms with van der Waals surface area (Å²) in [6.07, 6.45) is 3.59. The Hall–Kier alpha value is -2.88. The number of benzene rings is 2. The van der Waals surface area contributed by atoms with Crippen molar-refractivity contribution in [3.8, 4) is 22.3 Å². The summed E-state index contributed by atoms with van der Waals surface area (Å²) in [5.74, 6) is -0.402. The predicted molar refractivity (Wildman–Crippen MR) is 82.3 cm³/mol. The van der Waals surface area contributed by atoms with E-state index in [1.807, 2.05) is 42.6 Å². The number of amides is 1. The quantitative estimate of drug-likeness (QED) is 0.797. The Morgan fingerprint density at radius 3 is 2.24 bits per heavy atom. The first-order chi connectivity index (χ1) is 10.2. The van der Waals surface area contributed by atoms with Crippen LogP contribution in [0.2, 0.25) is 0 Å². The van der Waals surface area contributed by atoms with Crippen molar-refractivity contribution in [2.75, 3.05) is 0 Å². The van der Waals surface area contributed by atoms with Crippen LogP contribution in [0, 0.1) is 0 Å². The molecule has 1 aromatic heterocycles. The lowest BCUT2D eigenvalue weighted by Gasteiger charge is -2.07. The van der Waals surface area contributed by atoms with Crippen LogP contribution in [-0.2, 0) is 11.3 Å². The Bertz CT molecular complexity index is 762. The minimum Gasteiger partial charge on any atom is -0.368 e. The van der Waals surface area contributed by atoms with Crippen molar-refractivity contribution in [1.82, 2.24) is 9.78 Å². The molecule has 3 aromatic rings. The molecule has 2 N–H and O–H groups in total. The molecule has 4 nitrogen and oxygen atoms in total. The topological polar surface area (TPSA) is 60.9 Å². The molecule has 104 valence electrons. The third-order valence-corrected chi connectivity index (χ3v) is 3.27. The van der Waals surface area contributed by atoms with Gasteiger partial charge < -0.3 is 5.73 Å². The minimum atomic E-state index is -0.402. The van der Waals surface area contributed by atoms with Gasteiger partial charge in [0.1, 0.15) is 6.54 Å². The van der Waals surface area contributed by atoms with Crippen LogP contribution >= 0.6 is 0 Å². The minimum absolute atomic E-state index is 0.0908. The maximum Gasteiger partial charge on any atom is 0.239 e. The van der Waals surface area contributed by atoms with Crippen LogP contribution < -0.4 is 5.73 Å². The van der Waals surface area contributed by atoms with Gasteiger partial charge in [-0.05, 0) is 16.7 Å². The van der Waals surface area contributed by atoms with Gasteiger partial charge in [0.15, 0.2) is 0 Å². The van der Waals surface area contributed by atoms with Crippen LogP contribution in [0.25, 0.3) is 22.3 Å². The van der Waals surface area contributed by atoms with E-state index in [2.05, 4.69) is 23.3 Å². The molecular formula is C17H15N3O. The van der Waals surface area contributed by atoms with E-state index in [-0.39, 0.29) is 6.54 Å². The number of aromatic nitrogens is 2. The average Bonchev–Trinajstić information content (AvgIpc) is 2.96. The maximum atomic E-state index is 11.0. The summed E-state index contributed by atoms with van der Waals surface area (Å²) < 4.78 is 1.56. The van der Waals surface area contributed by atoms with E-state index in [1.165, 1.54) is 0 Å². The molecule has 3 rings (SSSR count). The molecule has 0 saturated heterocycles. The van der Waals surface area contributed by atoms with Crippen LogP contribution in [0.4, 0.5) is 0 Å². The fourth-order valence-electron chi connectivity index (χ4n) is 2.35. The molecule has 0 aliphatic carbocycles. The van der Waals surface area contributed by atoms with E-state index in [4.69, 9.17) is 5.73 Å². The molecule has 1 heterocycles. The highest BCUT2D eigenvalue weighted by Crippen LogP contribution is 2.31. The molecule has 0 spiro atoms. The molecule has 21 heavy (non-hydrogen) atoms. The Kier molecular flexibility index (Phi) is 3.51. The standard InChI is InChI=1S/C17H15N3O/c18-17(21)12-20-11-14(10-19-20)16-9-5-4-8-15(16)13-6-2-1-3-7-13/h1-11H,12H2,(H2,18,21). The van der Waals surface area contributed by atoms with Crippen molar-refractivity contribution in [3.05, 3.63) is 67.0 Å². The number of nitrogens with two attached hydrogens (primary N) is 1. The Morgan fingerprint density at radius 2 is 1.57 bits per heavy atom. The van der Waals surface area contributed by atoms with E-state index in [1.54, 1.807) is 10.9 Å². The first kappa shape index (κ1) is 13.1. The van der Waals surface area contributed by atoms with E-state index >= 15 is 0 Å². The lowest BCUT2D eigenvalue weighted by molar-refractivity contribution is -0.118. The van der Waals surface area contributed by atoms with Gasteiger partial charge in [0.25, 0.3) is 0 Å². The largest absolute Gasteiger partial charge is 0.368 e. The predicted octanol–water partition coefficient (Wildman–Crippen LogP) is 2.70. The Morgan fingerprint density at radius 1 is 0.952 bits per heavy atom. The fraction of sp³-hybridized carbons (Fsp3) is 0.0588. The van der Waals surface area contributed by atoms with Crippen molar-refractivity contribution >= 4 is 5.91 Å². The van der Waals surface area contributed by atoms with Crippen LogP contribution in [0.3, 0.4) is 0 Å². The molecule has 0 atom stereocenters. The molecule has 0 aliphatic heterocycles. The number of hydrogen-bond acceptors (Lipinski definition) is 2. The maximum absolute atomic E-state index is 11.0. The van der Waals surface area contributed by atoms with Crippen molar-refractivity contribution in [2.24, 2.45) is 5.73 Å². The van der Waals surface area contributed by atoms with Gasteiger partial charge in [0.2, 0.25) is 5.91 Å². The number of primary amides is 1. The second-order valence-electron chi connectivity index (χ2n) is 4.80. The summed E-state index contributed by atoms with van der Waals surface area (Å²) in [7, 11) is 0. The molecular weight excluding hydrogens is 262 g/mol. The van der Waals surface area contributed by atoms with Crippen LogP contribution in [-0.4, -0.2) is 15.7 Å². The number of carbonyl (C=O) groups is 1. The zero-order valence-electron chi connectivity index (χ0n) is 11.4. The average molecular weight is 277 g/mol. The summed E-state index contributed by atoms with van der Waals surface area (Å²) >= 11 is 0. The summed E-state index contributed by atoms with van der Waals surface area (Å²) in [5, 5.41) is 4.18. The van der Waals surface area contributed by atoms with E-state index in [0.29, 0.717) is 0 Å². The zero-order chi connectivity index (χ0) is 14.7. The highest BCUT2D eigenvalue weighted by atomic mass is 16.1. The SMILES string of the molecule is NC(=O)Cn1cc(-c2ccccc2-c2ccccc2)cn1. The normalized spacial score (nSPS) is 10.5. The van der Waals surface area contributed by atoms with Crippen LogP contribution in [0.1, 0.15) is 0 Å². The van der Waals surface area contributed by atoms with E-state index < -0.39 is 5.91 Å². The Labute approximate surface area is 122 Å². The van der Waals surface area contributed by atoms with Gasteiger partial charge in [0, 0.05) is 11.8 Å². The third kappa shape index (κ3) is 2.84. The molecule has 4 heteroatoms. The van der Waals surface area contributed by atoms with Gasteiger partial charge in [-0.25, -0.2) is 0 Å². The highest BCUT2D eigenvalue weighted by Gasteiger charge is 2.09. The van der Waals surface area contributed by atoms with Gasteiger partial charge in [-0.3, -0.25) is 9.48 Å². The second-order valence-corrected chi connectivity index (χ2v) is 4.80. The lowest BCUT2D eigenvalue weighted by atomic mass is 9.96. The lowest BCUT2D eigenvalue weighted by Crippen LogP contribution is -2.18. The zero-order valence-corrected chi connectivity index (χ0v) is 11.4. The van der Waals surface area contributed by atoms with E-state index in [9.17, 15) is 4.79 Å². The van der Waals surface area contributed by atoms with Crippen molar-refractivity contribution < 1.29 is 4.79 Å². The summed E-state index contributed by atoms with van der Waals surface area (Å²) in [4.78, 5) is 11.0. The molecule has 2 aromatic carbocycles. The smallest absolute Gasteiger partial charge is 0.239 e. The number of hydrogen-bond donors (Lipinski definition) is 1. The van der Waals surface area contributed by atoms with Gasteiger partial charge in [-0.15, -0.1) is 0 Å². The highest BCUT2D eigenvalue weighted by molar-refractivity contribution is 5.83. The van der Waals surface area contributed by atoms with Gasteiger partial charge in [-0.2, -0.15) is 5.10 Å². The molecule has 1 amide bonds. The van der Waals surface area contributed by atoms with Gasteiger partial charge in [0.05, 0.1) is 6.20 Å². The second kappa shape index (κ2) is 5.63. The van der Waals surface area contributed by atoms with Crippen LogP contribution in [0.15, 0.2) is 67.0 Å². The molecule has 0 fully saturated rings. The number of nitrogens with zero attached hydrogens (tertiary/aromatic N) is 2. The number of rotatable bonds is 4. The Balaban J connectivity index is 2.03. The van der Waals surface area contributed by atoms with Crippen LogP contribution in [0.5, 0.6) is 0 Å². The van der Waals surface area contributed by atoms with Crippen molar-refractivity contribution in [2.45, 2.75) is 6.54 Å². The first-order valence-electron chi connectivity index (χ1n) is 6.69. The molecule has 0 saturated carbocycles. The first-order valence-corrected chi connectivity index (χ1v) is 6.69. The molecule has 0 radical (unpaired) electrons. The van der Waals surface area contributed by atoms with E-state index in [0.717, 1.165) is 22.3 Å². The number of carbonyl (C=O) groups excluding carboxylic acids is 1. The van der Waals surface area contributed by atoms with Crippen molar-refractivity contribution in [3.63, 3.8) is 0 Å². The molecule has 0 aliphatic rings. The summed E-state index contributed by atoms with van der Waals surface area (Å²) in [5.41, 5.74) is 9.53. The summed E-state index contributed by atoms with van der Waals surface area (Å²) in [6.45, 7) is 0.0908. The van der Waals surface area contributed by atoms with Crippen molar-refractivity contribution in [1.29, 1.82) is 0 Å². The monoisotopic (exact) mass is 277 g/mol. The molecule has 0 unspecified atom stereocenters.